The number of aliphatic hydroxyl groups is 1. The van der Waals surface area contributed by atoms with Gasteiger partial charge in [-0.2, -0.15) is 0 Å². The summed E-state index contributed by atoms with van der Waals surface area (Å²) in [5.74, 6) is -0.979. The first-order valence-corrected chi connectivity index (χ1v) is 11.4. The molecule has 0 bridgehead atoms. The molecule has 2 aliphatic rings. The third-order valence-corrected chi connectivity index (χ3v) is 7.20. The van der Waals surface area contributed by atoms with Gasteiger partial charge in [0.2, 0.25) is 0 Å². The molecular formula is C25H38O7. The predicted molar refractivity (Wildman–Crippen MR) is 119 cm³/mol. The fourth-order valence-corrected chi connectivity index (χ4v) is 5.81. The summed E-state index contributed by atoms with van der Waals surface area (Å²) in [7, 11) is 0. The third-order valence-electron chi connectivity index (χ3n) is 7.20. The molecule has 0 heterocycles. The maximum atomic E-state index is 11.8. The zero-order valence-electron chi connectivity index (χ0n) is 20.2. The summed E-state index contributed by atoms with van der Waals surface area (Å²) in [6.45, 7) is 10.4. The van der Waals surface area contributed by atoms with Crippen LogP contribution in [0.3, 0.4) is 0 Å². The minimum Gasteiger partial charge on any atom is -0.461 e. The highest BCUT2D eigenvalue weighted by molar-refractivity contribution is 5.69. The molecule has 0 aromatic heterocycles. The van der Waals surface area contributed by atoms with Crippen molar-refractivity contribution >= 4 is 17.9 Å². The van der Waals surface area contributed by atoms with E-state index in [1.165, 1.54) is 27.2 Å². The highest BCUT2D eigenvalue weighted by Gasteiger charge is 2.52. The average Bonchev–Trinajstić information content (AvgIpc) is 2.67. The van der Waals surface area contributed by atoms with Crippen LogP contribution in [-0.4, -0.2) is 42.3 Å². The normalized spacial score (nSPS) is 28.1. The van der Waals surface area contributed by atoms with Crippen LogP contribution in [0, 0.1) is 22.7 Å². The summed E-state index contributed by atoms with van der Waals surface area (Å²) in [5.41, 5.74) is 1.17. The maximum absolute atomic E-state index is 11.8. The first-order chi connectivity index (χ1) is 14.9. The number of allylic oxidation sites excluding steroid dienone is 2. The summed E-state index contributed by atoms with van der Waals surface area (Å²) in [6.07, 6.45) is 7.70. The van der Waals surface area contributed by atoms with E-state index >= 15 is 0 Å². The zero-order valence-corrected chi connectivity index (χ0v) is 20.2. The number of esters is 3. The van der Waals surface area contributed by atoms with Gasteiger partial charge in [0.25, 0.3) is 0 Å². The number of carbonyl (C=O) groups excluding carboxylic acids is 3. The highest BCUT2D eigenvalue weighted by Crippen LogP contribution is 2.60. The molecule has 0 radical (unpaired) electrons. The number of carbonyl (C=O) groups is 3. The molecule has 1 N–H and O–H groups in total. The Hall–Kier alpha value is -2.15. The highest BCUT2D eigenvalue weighted by atomic mass is 16.6. The van der Waals surface area contributed by atoms with E-state index in [-0.39, 0.29) is 35.7 Å². The Balaban J connectivity index is 2.39. The Labute approximate surface area is 191 Å². The Bertz CT molecular complexity index is 779. The molecule has 0 aromatic carbocycles. The van der Waals surface area contributed by atoms with Crippen molar-refractivity contribution in [1.29, 1.82) is 0 Å². The fraction of sp³-hybridized carbons (Fsp3) is 0.720. The van der Waals surface area contributed by atoms with Crippen molar-refractivity contribution in [2.45, 2.75) is 79.8 Å². The number of rotatable bonds is 8. The fourth-order valence-electron chi connectivity index (χ4n) is 5.81. The van der Waals surface area contributed by atoms with Crippen molar-refractivity contribution in [3.05, 3.63) is 23.5 Å². The molecule has 2 rings (SSSR count). The lowest BCUT2D eigenvalue weighted by Crippen LogP contribution is -2.49. The molecule has 0 spiro atoms. The van der Waals surface area contributed by atoms with Crippen LogP contribution in [0.4, 0.5) is 0 Å². The van der Waals surface area contributed by atoms with Gasteiger partial charge in [-0.05, 0) is 60.0 Å². The van der Waals surface area contributed by atoms with E-state index in [1.54, 1.807) is 6.08 Å². The first-order valence-electron chi connectivity index (χ1n) is 11.4. The molecule has 0 amide bonds. The third kappa shape index (κ3) is 6.21. The van der Waals surface area contributed by atoms with Gasteiger partial charge in [-0.15, -0.1) is 0 Å². The number of hydrogen-bond donors (Lipinski definition) is 1. The molecule has 7 nitrogen and oxygen atoms in total. The van der Waals surface area contributed by atoms with Crippen molar-refractivity contribution in [3.63, 3.8) is 0 Å². The Morgan fingerprint density at radius 1 is 1.12 bits per heavy atom. The van der Waals surface area contributed by atoms with E-state index in [9.17, 15) is 19.5 Å². The van der Waals surface area contributed by atoms with Gasteiger partial charge < -0.3 is 19.3 Å². The zero-order chi connectivity index (χ0) is 24.1. The number of aliphatic hydroxyl groups excluding tert-OH is 1. The molecule has 0 aliphatic heterocycles. The Morgan fingerprint density at radius 3 is 2.38 bits per heavy atom. The molecule has 4 atom stereocenters. The van der Waals surface area contributed by atoms with Gasteiger partial charge in [-0.1, -0.05) is 33.3 Å². The quantitative estimate of drug-likeness (QED) is 0.257. The van der Waals surface area contributed by atoms with Crippen LogP contribution in [0.5, 0.6) is 0 Å². The van der Waals surface area contributed by atoms with Gasteiger partial charge in [0.1, 0.15) is 12.4 Å². The molecule has 180 valence electrons. The van der Waals surface area contributed by atoms with Crippen LogP contribution in [0.25, 0.3) is 0 Å². The van der Waals surface area contributed by atoms with E-state index in [0.717, 1.165) is 24.8 Å². The molecule has 7 heteroatoms. The van der Waals surface area contributed by atoms with Crippen molar-refractivity contribution in [1.82, 2.24) is 0 Å². The Kier molecular flexibility index (Phi) is 8.68. The van der Waals surface area contributed by atoms with Crippen LogP contribution in [0.15, 0.2) is 23.5 Å². The molecule has 1 fully saturated rings. The monoisotopic (exact) mass is 450 g/mol. The second-order valence-corrected chi connectivity index (χ2v) is 9.96. The topological polar surface area (TPSA) is 99.1 Å². The van der Waals surface area contributed by atoms with Crippen LogP contribution in [0.2, 0.25) is 0 Å². The van der Waals surface area contributed by atoms with E-state index in [0.29, 0.717) is 12.3 Å². The van der Waals surface area contributed by atoms with Gasteiger partial charge >= 0.3 is 17.9 Å². The lowest BCUT2D eigenvalue weighted by molar-refractivity contribution is -0.158. The van der Waals surface area contributed by atoms with Crippen molar-refractivity contribution in [2.75, 3.05) is 13.2 Å². The molecule has 1 saturated carbocycles. The smallest absolute Gasteiger partial charge is 0.307 e. The second-order valence-electron chi connectivity index (χ2n) is 9.96. The van der Waals surface area contributed by atoms with Crippen LogP contribution in [0.1, 0.15) is 73.6 Å². The van der Waals surface area contributed by atoms with E-state index in [1.807, 2.05) is 0 Å². The largest absolute Gasteiger partial charge is 0.461 e. The average molecular weight is 451 g/mol. The minimum absolute atomic E-state index is 0.0147. The van der Waals surface area contributed by atoms with E-state index in [4.69, 9.17) is 14.2 Å². The molecule has 4 unspecified atom stereocenters. The van der Waals surface area contributed by atoms with Crippen molar-refractivity contribution < 1.29 is 33.7 Å². The first kappa shape index (κ1) is 26.1. The van der Waals surface area contributed by atoms with Gasteiger partial charge in [-0.3, -0.25) is 14.4 Å². The predicted octanol–water partition coefficient (Wildman–Crippen LogP) is 4.09. The Morgan fingerprint density at radius 2 is 1.81 bits per heavy atom. The van der Waals surface area contributed by atoms with E-state index < -0.39 is 24.0 Å². The summed E-state index contributed by atoms with van der Waals surface area (Å²) in [5, 5.41) is 10.1. The minimum atomic E-state index is -1.02. The molecular weight excluding hydrogens is 412 g/mol. The molecule has 0 aromatic rings. The maximum Gasteiger partial charge on any atom is 0.307 e. The lowest BCUT2D eigenvalue weighted by atomic mass is 9.48. The number of hydrogen-bond acceptors (Lipinski definition) is 7. The van der Waals surface area contributed by atoms with Crippen LogP contribution < -0.4 is 0 Å². The van der Waals surface area contributed by atoms with Crippen LogP contribution >= 0.6 is 0 Å². The molecule has 2 aliphatic carbocycles. The number of fused-ring (bicyclic) bond motifs is 1. The summed E-state index contributed by atoms with van der Waals surface area (Å²) >= 11 is 0. The van der Waals surface area contributed by atoms with Gasteiger partial charge in [0, 0.05) is 20.8 Å². The molecule has 0 saturated heterocycles. The summed E-state index contributed by atoms with van der Waals surface area (Å²) < 4.78 is 15.7. The van der Waals surface area contributed by atoms with Crippen molar-refractivity contribution in [3.8, 4) is 0 Å². The summed E-state index contributed by atoms with van der Waals surface area (Å²) in [6, 6.07) is 0. The summed E-state index contributed by atoms with van der Waals surface area (Å²) in [4.78, 5) is 34.7. The second kappa shape index (κ2) is 10.6. The number of ether oxygens (including phenoxy) is 3. The molecule has 32 heavy (non-hydrogen) atoms. The van der Waals surface area contributed by atoms with Gasteiger partial charge in [-0.25, -0.2) is 0 Å². The standard InChI is InChI=1S/C25H38O7/c1-16(27)30-15-22(32-18(3)29)21(31-17(2)28)10-9-20-19(14-26)8-11-23-24(4,5)12-7-13-25(20,23)6/h8,10,20,22-23,26H,7,9,11-15H2,1-6H3. The van der Waals surface area contributed by atoms with Gasteiger partial charge in [0.15, 0.2) is 6.10 Å². The van der Waals surface area contributed by atoms with Crippen molar-refractivity contribution in [2.24, 2.45) is 22.7 Å². The van der Waals surface area contributed by atoms with Gasteiger partial charge in [0.05, 0.1) is 6.61 Å². The SMILES string of the molecule is CC(=O)OCC(OC(C)=O)C(=CCC1C(CO)=CCC2C(C)(C)CCCC12C)OC(C)=O. The van der Waals surface area contributed by atoms with Crippen LogP contribution in [-0.2, 0) is 28.6 Å². The lowest BCUT2D eigenvalue weighted by Gasteiger charge is -2.57. The van der Waals surface area contributed by atoms with E-state index in [2.05, 4.69) is 26.8 Å².